The first-order valence-corrected chi connectivity index (χ1v) is 5.70. The molecule has 0 heterocycles. The fourth-order valence-electron chi connectivity index (χ4n) is 0.458. The largest absolute Gasteiger partial charge is 0.461 e. The number of aliphatic hydroxyl groups excluding tert-OH is 2. The monoisotopic (exact) mass is 250 g/mol. The van der Waals surface area contributed by atoms with Gasteiger partial charge < -0.3 is 19.7 Å². The van der Waals surface area contributed by atoms with Crippen molar-refractivity contribution in [3.8, 4) is 0 Å². The molecule has 0 saturated heterocycles. The Balaban J connectivity index is -0.000000188. The third kappa shape index (κ3) is 39.5. The molecule has 0 atom stereocenters. The van der Waals surface area contributed by atoms with E-state index < -0.39 is 0 Å². The van der Waals surface area contributed by atoms with Crippen LogP contribution in [-0.4, -0.2) is 49.2 Å². The zero-order valence-electron chi connectivity index (χ0n) is 11.1. The number of ether oxygens (including phenoxy) is 2. The molecule has 0 fully saturated rings. The second-order valence-electron chi connectivity index (χ2n) is 2.55. The minimum Gasteiger partial charge on any atom is -0.461 e. The summed E-state index contributed by atoms with van der Waals surface area (Å²) >= 11 is 0. The van der Waals surface area contributed by atoms with Gasteiger partial charge in [0.15, 0.2) is 0 Å². The van der Waals surface area contributed by atoms with Crippen molar-refractivity contribution in [3.05, 3.63) is 12.7 Å². The number of esters is 1. The van der Waals surface area contributed by atoms with Gasteiger partial charge in [-0.1, -0.05) is 19.6 Å². The average molecular weight is 250 g/mol. The molecule has 0 aliphatic rings. The summed E-state index contributed by atoms with van der Waals surface area (Å²) in [5, 5.41) is 15.2. The number of hydrogen-bond acceptors (Lipinski definition) is 5. The first kappa shape index (κ1) is 21.4. The third-order valence-electron chi connectivity index (χ3n) is 1.16. The molecule has 0 unspecified atom stereocenters. The maximum absolute atomic E-state index is 10.3. The Morgan fingerprint density at radius 1 is 1.18 bits per heavy atom. The number of rotatable bonds is 6. The maximum atomic E-state index is 10.3. The van der Waals surface area contributed by atoms with Gasteiger partial charge in [-0.15, -0.1) is 0 Å². The van der Waals surface area contributed by atoms with Gasteiger partial charge in [-0.05, 0) is 13.8 Å². The Morgan fingerprint density at radius 3 is 1.82 bits per heavy atom. The summed E-state index contributed by atoms with van der Waals surface area (Å²) in [7, 11) is 0. The van der Waals surface area contributed by atoms with Crippen LogP contribution in [0.1, 0.15) is 27.2 Å². The topological polar surface area (TPSA) is 76.0 Å². The molecule has 17 heavy (non-hydrogen) atoms. The predicted octanol–water partition coefficient (Wildman–Crippen LogP) is 1.14. The number of hydrogen-bond donors (Lipinski definition) is 2. The van der Waals surface area contributed by atoms with E-state index in [9.17, 15) is 4.79 Å². The fourth-order valence-corrected chi connectivity index (χ4v) is 0.458. The first-order valence-electron chi connectivity index (χ1n) is 5.70. The van der Waals surface area contributed by atoms with Crippen molar-refractivity contribution in [2.24, 2.45) is 0 Å². The average Bonchev–Trinajstić information content (AvgIpc) is 2.37. The molecule has 0 aromatic heterocycles. The van der Waals surface area contributed by atoms with Crippen LogP contribution >= 0.6 is 0 Å². The van der Waals surface area contributed by atoms with Crippen molar-refractivity contribution in [1.29, 1.82) is 0 Å². The standard InChI is InChI=1S/C6H10O2.C4H10O.C2H6O2/c1-3-5-8-6(7)4-2;1-3-5-4-2;3-1-2-4/h3H,1,4-5H2,2H3;3-4H2,1-2H3;3-4H,1-2H2. The molecule has 0 bridgehead atoms. The van der Waals surface area contributed by atoms with Crippen molar-refractivity contribution >= 4 is 5.97 Å². The van der Waals surface area contributed by atoms with Crippen LogP contribution in [0.4, 0.5) is 0 Å². The van der Waals surface area contributed by atoms with Crippen LogP contribution < -0.4 is 0 Å². The van der Waals surface area contributed by atoms with Crippen molar-refractivity contribution in [3.63, 3.8) is 0 Å². The van der Waals surface area contributed by atoms with E-state index in [2.05, 4.69) is 11.3 Å². The summed E-state index contributed by atoms with van der Waals surface area (Å²) in [4.78, 5) is 10.3. The Kier molecular flexibility index (Phi) is 30.6. The van der Waals surface area contributed by atoms with Gasteiger partial charge in [-0.2, -0.15) is 0 Å². The molecule has 5 nitrogen and oxygen atoms in total. The first-order chi connectivity index (χ1) is 8.14. The summed E-state index contributed by atoms with van der Waals surface area (Å²) in [6, 6.07) is 0. The molecule has 0 saturated carbocycles. The minimum absolute atomic E-state index is 0.125. The zero-order valence-corrected chi connectivity index (χ0v) is 11.1. The van der Waals surface area contributed by atoms with Crippen molar-refractivity contribution < 1.29 is 24.5 Å². The van der Waals surface area contributed by atoms with E-state index in [1.54, 1.807) is 13.0 Å². The summed E-state index contributed by atoms with van der Waals surface area (Å²) in [6.45, 7) is 10.9. The molecule has 0 aliphatic heterocycles. The number of carbonyl (C=O) groups excluding carboxylic acids is 1. The summed E-state index contributed by atoms with van der Waals surface area (Å²) < 4.78 is 9.42. The maximum Gasteiger partial charge on any atom is 0.305 e. The van der Waals surface area contributed by atoms with Crippen LogP contribution in [0.3, 0.4) is 0 Å². The van der Waals surface area contributed by atoms with Crippen LogP contribution in [0, 0.1) is 0 Å². The quantitative estimate of drug-likeness (QED) is 0.546. The van der Waals surface area contributed by atoms with Gasteiger partial charge in [-0.25, -0.2) is 0 Å². The van der Waals surface area contributed by atoms with Gasteiger partial charge in [-0.3, -0.25) is 4.79 Å². The van der Waals surface area contributed by atoms with Gasteiger partial charge >= 0.3 is 5.97 Å². The Morgan fingerprint density at radius 2 is 1.65 bits per heavy atom. The lowest BCUT2D eigenvalue weighted by molar-refractivity contribution is -0.141. The smallest absolute Gasteiger partial charge is 0.305 e. The summed E-state index contributed by atoms with van der Waals surface area (Å²) in [6.07, 6.45) is 1.99. The highest BCUT2D eigenvalue weighted by Crippen LogP contribution is 1.82. The highest BCUT2D eigenvalue weighted by atomic mass is 16.5. The molecule has 0 radical (unpaired) electrons. The van der Waals surface area contributed by atoms with E-state index in [1.807, 2.05) is 13.8 Å². The highest BCUT2D eigenvalue weighted by Gasteiger charge is 1.92. The van der Waals surface area contributed by atoms with Crippen LogP contribution in [-0.2, 0) is 14.3 Å². The second kappa shape index (κ2) is 24.4. The molecule has 0 aromatic carbocycles. The lowest BCUT2D eigenvalue weighted by atomic mass is 10.5. The lowest BCUT2D eigenvalue weighted by Crippen LogP contribution is -2.00. The fraction of sp³-hybridized carbons (Fsp3) is 0.750. The minimum atomic E-state index is -0.176. The molecule has 0 aromatic rings. The number of aliphatic hydroxyl groups is 2. The Labute approximate surface area is 104 Å². The van der Waals surface area contributed by atoms with E-state index in [0.717, 1.165) is 13.2 Å². The number of carbonyl (C=O) groups is 1. The van der Waals surface area contributed by atoms with Crippen LogP contribution in [0.25, 0.3) is 0 Å². The third-order valence-corrected chi connectivity index (χ3v) is 1.16. The van der Waals surface area contributed by atoms with Crippen molar-refractivity contribution in [2.75, 3.05) is 33.0 Å². The van der Waals surface area contributed by atoms with E-state index in [4.69, 9.17) is 14.9 Å². The molecule has 0 spiro atoms. The second-order valence-corrected chi connectivity index (χ2v) is 2.55. The molecule has 0 aliphatic carbocycles. The van der Waals surface area contributed by atoms with Crippen LogP contribution in [0.5, 0.6) is 0 Å². The van der Waals surface area contributed by atoms with Gasteiger partial charge in [0.05, 0.1) is 13.2 Å². The highest BCUT2D eigenvalue weighted by molar-refractivity contribution is 5.68. The van der Waals surface area contributed by atoms with Crippen LogP contribution in [0.15, 0.2) is 12.7 Å². The van der Waals surface area contributed by atoms with Gasteiger partial charge in [0, 0.05) is 19.6 Å². The van der Waals surface area contributed by atoms with E-state index in [0.29, 0.717) is 13.0 Å². The molecule has 0 rings (SSSR count). The van der Waals surface area contributed by atoms with Gasteiger partial charge in [0.1, 0.15) is 6.61 Å². The summed E-state index contributed by atoms with van der Waals surface area (Å²) in [5.41, 5.74) is 0. The lowest BCUT2D eigenvalue weighted by Gasteiger charge is -1.94. The van der Waals surface area contributed by atoms with Crippen molar-refractivity contribution in [2.45, 2.75) is 27.2 Å². The SMILES string of the molecule is C=CCOC(=O)CC.CCOCC.OCCO. The van der Waals surface area contributed by atoms with E-state index >= 15 is 0 Å². The molecular weight excluding hydrogens is 224 g/mol. The molecular formula is C12H26O5. The molecule has 0 amide bonds. The van der Waals surface area contributed by atoms with Crippen molar-refractivity contribution in [1.82, 2.24) is 0 Å². The molecule has 2 N–H and O–H groups in total. The van der Waals surface area contributed by atoms with Crippen LogP contribution in [0.2, 0.25) is 0 Å². The van der Waals surface area contributed by atoms with Gasteiger partial charge in [0.2, 0.25) is 0 Å². The molecule has 5 heteroatoms. The van der Waals surface area contributed by atoms with E-state index in [1.165, 1.54) is 0 Å². The van der Waals surface area contributed by atoms with Gasteiger partial charge in [0.25, 0.3) is 0 Å². The molecule has 104 valence electrons. The summed E-state index contributed by atoms with van der Waals surface area (Å²) in [5.74, 6) is -0.176. The Bertz CT molecular complexity index is 144. The predicted molar refractivity (Wildman–Crippen MR) is 67.8 cm³/mol. The van der Waals surface area contributed by atoms with E-state index in [-0.39, 0.29) is 19.2 Å². The zero-order chi connectivity index (χ0) is 13.9. The normalized spacial score (nSPS) is 8.06. The Hall–Kier alpha value is -0.910.